The second kappa shape index (κ2) is 7.60. The van der Waals surface area contributed by atoms with Crippen molar-refractivity contribution in [1.29, 1.82) is 0 Å². The molecule has 0 radical (unpaired) electrons. The van der Waals surface area contributed by atoms with Gasteiger partial charge in [0.2, 0.25) is 5.91 Å². The van der Waals surface area contributed by atoms with Crippen LogP contribution in [0.15, 0.2) is 60.7 Å². The summed E-state index contributed by atoms with van der Waals surface area (Å²) in [5.41, 5.74) is 8.19. The van der Waals surface area contributed by atoms with Crippen molar-refractivity contribution in [3.8, 4) is 0 Å². The van der Waals surface area contributed by atoms with Crippen molar-refractivity contribution in [2.75, 3.05) is 13.6 Å². The summed E-state index contributed by atoms with van der Waals surface area (Å²) >= 11 is 0. The Morgan fingerprint density at radius 2 is 1.62 bits per heavy atom. The zero-order valence-electron chi connectivity index (χ0n) is 12.4. The Kier molecular flexibility index (Phi) is 5.52. The third-order valence-electron chi connectivity index (χ3n) is 3.60. The molecule has 3 heteroatoms. The number of benzene rings is 2. The highest BCUT2D eigenvalue weighted by Gasteiger charge is 2.19. The molecule has 0 fully saturated rings. The van der Waals surface area contributed by atoms with Gasteiger partial charge in [-0.2, -0.15) is 0 Å². The first-order valence-electron chi connectivity index (χ1n) is 7.28. The molecule has 110 valence electrons. The molecular formula is C18H22N2O. The van der Waals surface area contributed by atoms with Crippen LogP contribution in [0, 0.1) is 0 Å². The number of nitrogens with zero attached hydrogens (tertiary/aromatic N) is 1. The van der Waals surface area contributed by atoms with Crippen LogP contribution in [0.3, 0.4) is 0 Å². The van der Waals surface area contributed by atoms with Crippen LogP contribution >= 0.6 is 0 Å². The summed E-state index contributed by atoms with van der Waals surface area (Å²) < 4.78 is 0. The maximum Gasteiger partial charge on any atom is 0.243 e. The average molecular weight is 282 g/mol. The van der Waals surface area contributed by atoms with E-state index >= 15 is 0 Å². The van der Waals surface area contributed by atoms with Crippen molar-refractivity contribution < 1.29 is 4.79 Å². The lowest BCUT2D eigenvalue weighted by Gasteiger charge is -2.21. The van der Waals surface area contributed by atoms with Crippen LogP contribution in [-0.4, -0.2) is 24.4 Å². The fraction of sp³-hybridized carbons (Fsp3) is 0.278. The van der Waals surface area contributed by atoms with Gasteiger partial charge in [0.05, 0.1) is 0 Å². The summed E-state index contributed by atoms with van der Waals surface area (Å²) in [5, 5.41) is 0. The van der Waals surface area contributed by atoms with E-state index in [1.807, 2.05) is 55.6 Å². The number of aryl methyl sites for hydroxylation is 1. The molecule has 0 saturated carbocycles. The zero-order chi connectivity index (χ0) is 15.1. The highest BCUT2D eigenvalue weighted by Crippen LogP contribution is 2.12. The van der Waals surface area contributed by atoms with Crippen molar-refractivity contribution in [3.05, 3.63) is 71.8 Å². The Morgan fingerprint density at radius 3 is 2.24 bits per heavy atom. The first-order chi connectivity index (χ1) is 10.2. The van der Waals surface area contributed by atoms with E-state index in [4.69, 9.17) is 5.73 Å². The molecule has 2 N–H and O–H groups in total. The van der Waals surface area contributed by atoms with E-state index in [0.29, 0.717) is 6.54 Å². The third-order valence-corrected chi connectivity index (χ3v) is 3.60. The molecule has 0 aromatic heterocycles. The zero-order valence-corrected chi connectivity index (χ0v) is 12.4. The molecule has 2 aromatic carbocycles. The average Bonchev–Trinajstić information content (AvgIpc) is 2.55. The Morgan fingerprint density at radius 1 is 1.05 bits per heavy atom. The van der Waals surface area contributed by atoms with Gasteiger partial charge in [0, 0.05) is 13.6 Å². The van der Waals surface area contributed by atoms with Gasteiger partial charge in [-0.15, -0.1) is 0 Å². The Bertz CT molecular complexity index is 554. The van der Waals surface area contributed by atoms with Gasteiger partial charge in [-0.05, 0) is 24.0 Å². The minimum absolute atomic E-state index is 0.0331. The number of rotatable bonds is 6. The molecule has 0 heterocycles. The van der Waals surface area contributed by atoms with E-state index in [9.17, 15) is 4.79 Å². The molecule has 3 nitrogen and oxygen atoms in total. The van der Waals surface area contributed by atoms with E-state index in [0.717, 1.165) is 18.4 Å². The van der Waals surface area contributed by atoms with Gasteiger partial charge < -0.3 is 10.6 Å². The maximum atomic E-state index is 12.3. The monoisotopic (exact) mass is 282 g/mol. The molecule has 0 spiro atoms. The number of hydrogen-bond donors (Lipinski definition) is 1. The van der Waals surface area contributed by atoms with Gasteiger partial charge in [0.25, 0.3) is 0 Å². The van der Waals surface area contributed by atoms with E-state index in [2.05, 4.69) is 12.1 Å². The van der Waals surface area contributed by atoms with Gasteiger partial charge in [-0.25, -0.2) is 0 Å². The van der Waals surface area contributed by atoms with Crippen molar-refractivity contribution in [2.45, 2.75) is 18.9 Å². The molecule has 2 aromatic rings. The lowest BCUT2D eigenvalue weighted by atomic mass is 10.1. The molecule has 0 bridgehead atoms. The first-order valence-corrected chi connectivity index (χ1v) is 7.28. The Hall–Kier alpha value is -2.13. The molecule has 0 aliphatic carbocycles. The van der Waals surface area contributed by atoms with Crippen LogP contribution in [0.1, 0.15) is 23.6 Å². The van der Waals surface area contributed by atoms with Gasteiger partial charge in [0.1, 0.15) is 6.04 Å². The second-order valence-electron chi connectivity index (χ2n) is 5.24. The predicted molar refractivity (Wildman–Crippen MR) is 85.8 cm³/mol. The van der Waals surface area contributed by atoms with Gasteiger partial charge >= 0.3 is 0 Å². The SMILES string of the molecule is CN(CCCc1ccccc1)C(=O)[C@H](N)c1ccccc1. The second-order valence-corrected chi connectivity index (χ2v) is 5.24. The summed E-state index contributed by atoms with van der Waals surface area (Å²) in [4.78, 5) is 14.0. The summed E-state index contributed by atoms with van der Waals surface area (Å²) in [7, 11) is 1.82. The third kappa shape index (κ3) is 4.43. The molecule has 0 saturated heterocycles. The van der Waals surface area contributed by atoms with E-state index in [1.165, 1.54) is 5.56 Å². The standard InChI is InChI=1S/C18H22N2O/c1-20(14-8-11-15-9-4-2-5-10-15)18(21)17(19)16-12-6-3-7-13-16/h2-7,9-10,12-13,17H,8,11,14,19H2,1H3/t17-/m1/s1. The molecule has 0 aliphatic rings. The van der Waals surface area contributed by atoms with Crippen LogP contribution in [-0.2, 0) is 11.2 Å². The minimum Gasteiger partial charge on any atom is -0.344 e. The normalized spacial score (nSPS) is 11.9. The Labute approximate surface area is 126 Å². The van der Waals surface area contributed by atoms with Gasteiger partial charge in [-0.1, -0.05) is 60.7 Å². The van der Waals surface area contributed by atoms with Crippen molar-refractivity contribution in [3.63, 3.8) is 0 Å². The van der Waals surface area contributed by atoms with Crippen LogP contribution < -0.4 is 5.73 Å². The van der Waals surface area contributed by atoms with Crippen molar-refractivity contribution >= 4 is 5.91 Å². The van der Waals surface area contributed by atoms with Crippen LogP contribution in [0.2, 0.25) is 0 Å². The van der Waals surface area contributed by atoms with Crippen LogP contribution in [0.5, 0.6) is 0 Å². The molecule has 2 rings (SSSR count). The number of nitrogens with two attached hydrogens (primary N) is 1. The maximum absolute atomic E-state index is 12.3. The van der Waals surface area contributed by atoms with Crippen LogP contribution in [0.25, 0.3) is 0 Å². The quantitative estimate of drug-likeness (QED) is 0.885. The van der Waals surface area contributed by atoms with Crippen molar-refractivity contribution in [1.82, 2.24) is 4.90 Å². The molecule has 0 aliphatic heterocycles. The molecule has 1 atom stereocenters. The lowest BCUT2D eigenvalue weighted by Crippen LogP contribution is -2.36. The van der Waals surface area contributed by atoms with Gasteiger partial charge in [-0.3, -0.25) is 4.79 Å². The summed E-state index contributed by atoms with van der Waals surface area (Å²) in [6, 6.07) is 19.2. The van der Waals surface area contributed by atoms with Crippen LogP contribution in [0.4, 0.5) is 0 Å². The highest BCUT2D eigenvalue weighted by atomic mass is 16.2. The summed E-state index contributed by atoms with van der Waals surface area (Å²) in [5.74, 6) is -0.0331. The lowest BCUT2D eigenvalue weighted by molar-refractivity contribution is -0.131. The molecular weight excluding hydrogens is 260 g/mol. The predicted octanol–water partition coefficient (Wildman–Crippen LogP) is 2.78. The number of amides is 1. The largest absolute Gasteiger partial charge is 0.344 e. The molecule has 0 unspecified atom stereocenters. The summed E-state index contributed by atoms with van der Waals surface area (Å²) in [6.07, 6.45) is 1.91. The summed E-state index contributed by atoms with van der Waals surface area (Å²) in [6.45, 7) is 0.717. The number of likely N-dealkylation sites (N-methyl/N-ethyl adjacent to an activating group) is 1. The fourth-order valence-electron chi connectivity index (χ4n) is 2.32. The van der Waals surface area contributed by atoms with Gasteiger partial charge in [0.15, 0.2) is 0 Å². The first kappa shape index (κ1) is 15.3. The smallest absolute Gasteiger partial charge is 0.243 e. The Balaban J connectivity index is 1.82. The molecule has 21 heavy (non-hydrogen) atoms. The minimum atomic E-state index is -0.576. The number of carbonyl (C=O) groups is 1. The topological polar surface area (TPSA) is 46.3 Å². The van der Waals surface area contributed by atoms with E-state index in [-0.39, 0.29) is 5.91 Å². The molecule has 1 amide bonds. The highest BCUT2D eigenvalue weighted by molar-refractivity contribution is 5.82. The number of carbonyl (C=O) groups excluding carboxylic acids is 1. The number of hydrogen-bond acceptors (Lipinski definition) is 2. The van der Waals surface area contributed by atoms with Crippen molar-refractivity contribution in [2.24, 2.45) is 5.73 Å². The van der Waals surface area contributed by atoms with E-state index in [1.54, 1.807) is 4.90 Å². The van der Waals surface area contributed by atoms with E-state index < -0.39 is 6.04 Å². The fourth-order valence-corrected chi connectivity index (χ4v) is 2.32.